The van der Waals surface area contributed by atoms with Crippen molar-refractivity contribution >= 4 is 43.0 Å². The minimum Gasteiger partial charge on any atom is -0.316 e. The van der Waals surface area contributed by atoms with E-state index in [4.69, 9.17) is 11.6 Å². The quantitative estimate of drug-likeness (QED) is 0.862. The highest BCUT2D eigenvalue weighted by Crippen LogP contribution is 2.30. The lowest BCUT2D eigenvalue weighted by molar-refractivity contribution is 0.358. The summed E-state index contributed by atoms with van der Waals surface area (Å²) in [6.45, 7) is 2.55. The van der Waals surface area contributed by atoms with E-state index in [1.165, 1.54) is 24.2 Å². The van der Waals surface area contributed by atoms with E-state index in [2.05, 4.69) is 10.0 Å². The predicted octanol–water partition coefficient (Wildman–Crippen LogP) is 3.22. The zero-order valence-electron chi connectivity index (χ0n) is 12.1. The van der Waals surface area contributed by atoms with Crippen molar-refractivity contribution < 1.29 is 8.42 Å². The molecule has 120 valence electrons. The van der Waals surface area contributed by atoms with Gasteiger partial charge in [-0.25, -0.2) is 13.1 Å². The second kappa shape index (κ2) is 6.84. The third-order valence-electron chi connectivity index (χ3n) is 3.96. The Morgan fingerprint density at radius 3 is 3.00 bits per heavy atom. The van der Waals surface area contributed by atoms with Gasteiger partial charge < -0.3 is 5.32 Å². The van der Waals surface area contributed by atoms with E-state index in [1.807, 2.05) is 6.07 Å². The maximum Gasteiger partial charge on any atom is 0.250 e. The first kappa shape index (κ1) is 16.2. The largest absolute Gasteiger partial charge is 0.316 e. The summed E-state index contributed by atoms with van der Waals surface area (Å²) in [7, 11) is -3.43. The number of piperidine rings is 1. The molecule has 1 fully saturated rings. The van der Waals surface area contributed by atoms with Crippen LogP contribution in [0, 0.1) is 5.92 Å². The Morgan fingerprint density at radius 1 is 1.36 bits per heavy atom. The fourth-order valence-electron chi connectivity index (χ4n) is 2.76. The second-order valence-corrected chi connectivity index (χ2v) is 9.16. The Hall–Kier alpha value is -0.660. The normalized spacial score (nSPS) is 19.6. The van der Waals surface area contributed by atoms with E-state index >= 15 is 0 Å². The van der Waals surface area contributed by atoms with Crippen LogP contribution in [0.1, 0.15) is 19.3 Å². The summed E-state index contributed by atoms with van der Waals surface area (Å²) in [6, 6.07) is 7.12. The number of sulfonamides is 1. The molecule has 0 aliphatic carbocycles. The van der Waals surface area contributed by atoms with Crippen LogP contribution in [0.4, 0.5) is 0 Å². The zero-order valence-corrected chi connectivity index (χ0v) is 14.5. The van der Waals surface area contributed by atoms with Gasteiger partial charge in [0.2, 0.25) is 10.0 Å². The number of benzene rings is 1. The lowest BCUT2D eigenvalue weighted by Gasteiger charge is -2.22. The van der Waals surface area contributed by atoms with Crippen LogP contribution >= 0.6 is 22.9 Å². The Balaban J connectivity index is 1.65. The van der Waals surface area contributed by atoms with Gasteiger partial charge in [-0.2, -0.15) is 0 Å². The van der Waals surface area contributed by atoms with Gasteiger partial charge in [-0.1, -0.05) is 11.6 Å². The molecule has 0 bridgehead atoms. The Bertz CT molecular complexity index is 752. The molecule has 0 radical (unpaired) electrons. The first-order chi connectivity index (χ1) is 10.5. The molecular formula is C15H19ClN2O2S2. The van der Waals surface area contributed by atoms with Gasteiger partial charge in [0.05, 0.1) is 0 Å². The van der Waals surface area contributed by atoms with Crippen LogP contribution in [0.5, 0.6) is 0 Å². The number of halogens is 1. The third-order valence-corrected chi connectivity index (χ3v) is 7.25. The van der Waals surface area contributed by atoms with Crippen LogP contribution in [0.25, 0.3) is 10.1 Å². The van der Waals surface area contributed by atoms with Crippen molar-refractivity contribution in [2.24, 2.45) is 5.92 Å². The molecule has 2 N–H and O–H groups in total. The van der Waals surface area contributed by atoms with E-state index in [0.29, 0.717) is 21.7 Å². The fraction of sp³-hybridized carbons (Fsp3) is 0.467. The molecule has 1 atom stereocenters. The number of thiophene rings is 1. The van der Waals surface area contributed by atoms with E-state index in [0.717, 1.165) is 29.6 Å². The van der Waals surface area contributed by atoms with Crippen LogP contribution in [-0.4, -0.2) is 28.1 Å². The Morgan fingerprint density at radius 2 is 2.23 bits per heavy atom. The minimum atomic E-state index is -3.43. The monoisotopic (exact) mass is 358 g/mol. The molecule has 0 amide bonds. The SMILES string of the molecule is O=S(=O)(NCCC1CCCNC1)c1cc2cc(Cl)ccc2s1. The second-order valence-electron chi connectivity index (χ2n) is 5.65. The van der Waals surface area contributed by atoms with Crippen molar-refractivity contribution in [3.05, 3.63) is 29.3 Å². The van der Waals surface area contributed by atoms with Gasteiger partial charge >= 0.3 is 0 Å². The van der Waals surface area contributed by atoms with Gasteiger partial charge in [0.25, 0.3) is 0 Å². The summed E-state index contributed by atoms with van der Waals surface area (Å²) in [6.07, 6.45) is 3.23. The fourth-order valence-corrected chi connectivity index (χ4v) is 5.41. The van der Waals surface area contributed by atoms with Crippen molar-refractivity contribution in [3.8, 4) is 0 Å². The van der Waals surface area contributed by atoms with Crippen molar-refractivity contribution in [2.45, 2.75) is 23.5 Å². The van der Waals surface area contributed by atoms with Crippen LogP contribution in [0.3, 0.4) is 0 Å². The van der Waals surface area contributed by atoms with Gasteiger partial charge in [-0.3, -0.25) is 0 Å². The van der Waals surface area contributed by atoms with Gasteiger partial charge in [-0.15, -0.1) is 11.3 Å². The molecule has 22 heavy (non-hydrogen) atoms. The molecule has 0 saturated carbocycles. The summed E-state index contributed by atoms with van der Waals surface area (Å²) in [5.74, 6) is 0.567. The van der Waals surface area contributed by atoms with Crippen molar-refractivity contribution in [3.63, 3.8) is 0 Å². The highest BCUT2D eigenvalue weighted by Gasteiger charge is 2.19. The summed E-state index contributed by atoms with van der Waals surface area (Å²) in [5.41, 5.74) is 0. The standard InChI is InChI=1S/C15H19ClN2O2S2/c16-13-3-4-14-12(8-13)9-15(21-14)22(19,20)18-7-5-11-2-1-6-17-10-11/h3-4,8-9,11,17-18H,1-2,5-7,10H2. The average molecular weight is 359 g/mol. The first-order valence-electron chi connectivity index (χ1n) is 7.44. The van der Waals surface area contributed by atoms with Crippen LogP contribution < -0.4 is 10.0 Å². The van der Waals surface area contributed by atoms with E-state index in [1.54, 1.807) is 18.2 Å². The Kier molecular flexibility index (Phi) is 5.04. The van der Waals surface area contributed by atoms with Crippen molar-refractivity contribution in [1.29, 1.82) is 0 Å². The molecule has 1 aliphatic rings. The number of hydrogen-bond donors (Lipinski definition) is 2. The zero-order chi connectivity index (χ0) is 15.6. The number of hydrogen-bond acceptors (Lipinski definition) is 4. The summed E-state index contributed by atoms with van der Waals surface area (Å²) >= 11 is 7.22. The molecule has 1 saturated heterocycles. The molecule has 1 aliphatic heterocycles. The summed E-state index contributed by atoms with van der Waals surface area (Å²) < 4.78 is 28.8. The summed E-state index contributed by atoms with van der Waals surface area (Å²) in [4.78, 5) is 0. The summed E-state index contributed by atoms with van der Waals surface area (Å²) in [5, 5.41) is 4.84. The van der Waals surface area contributed by atoms with Crippen LogP contribution in [0.15, 0.2) is 28.5 Å². The van der Waals surface area contributed by atoms with Crippen molar-refractivity contribution in [2.75, 3.05) is 19.6 Å². The topological polar surface area (TPSA) is 58.2 Å². The maximum atomic E-state index is 12.4. The molecule has 7 heteroatoms. The molecule has 0 spiro atoms. The van der Waals surface area contributed by atoms with Crippen LogP contribution in [-0.2, 0) is 10.0 Å². The molecule has 1 unspecified atom stereocenters. The molecule has 4 nitrogen and oxygen atoms in total. The highest BCUT2D eigenvalue weighted by atomic mass is 35.5. The van der Waals surface area contributed by atoms with Gasteiger partial charge in [-0.05, 0) is 67.9 Å². The number of nitrogens with one attached hydrogen (secondary N) is 2. The number of fused-ring (bicyclic) bond motifs is 1. The van der Waals surface area contributed by atoms with Gasteiger partial charge in [0, 0.05) is 16.3 Å². The first-order valence-corrected chi connectivity index (χ1v) is 10.1. The minimum absolute atomic E-state index is 0.353. The smallest absolute Gasteiger partial charge is 0.250 e. The molecule has 2 aromatic rings. The molecule has 2 heterocycles. The lowest BCUT2D eigenvalue weighted by atomic mass is 9.96. The highest BCUT2D eigenvalue weighted by molar-refractivity contribution is 7.91. The average Bonchev–Trinajstić information content (AvgIpc) is 2.92. The predicted molar refractivity (Wildman–Crippen MR) is 92.2 cm³/mol. The van der Waals surface area contributed by atoms with Crippen LogP contribution in [0.2, 0.25) is 5.02 Å². The van der Waals surface area contributed by atoms with E-state index in [9.17, 15) is 8.42 Å². The van der Waals surface area contributed by atoms with Crippen molar-refractivity contribution in [1.82, 2.24) is 10.0 Å². The van der Waals surface area contributed by atoms with E-state index < -0.39 is 10.0 Å². The lowest BCUT2D eigenvalue weighted by Crippen LogP contribution is -2.33. The third kappa shape index (κ3) is 3.81. The molecular weight excluding hydrogens is 340 g/mol. The Labute approximate surface area is 139 Å². The maximum absolute atomic E-state index is 12.4. The van der Waals surface area contributed by atoms with E-state index in [-0.39, 0.29) is 0 Å². The van der Waals surface area contributed by atoms with Gasteiger partial charge in [0.1, 0.15) is 4.21 Å². The molecule has 1 aromatic heterocycles. The van der Waals surface area contributed by atoms with Gasteiger partial charge in [0.15, 0.2) is 0 Å². The molecule has 3 rings (SSSR count). The molecule has 1 aromatic carbocycles. The number of rotatable bonds is 5.